The molecule has 1 aromatic heterocycles. The van der Waals surface area contributed by atoms with Crippen molar-refractivity contribution in [2.24, 2.45) is 0 Å². The van der Waals surface area contributed by atoms with Gasteiger partial charge < -0.3 is 20.6 Å². The van der Waals surface area contributed by atoms with Crippen LogP contribution in [0, 0.1) is 5.82 Å². The van der Waals surface area contributed by atoms with Gasteiger partial charge in [-0.2, -0.15) is 5.10 Å². The van der Waals surface area contributed by atoms with Crippen LogP contribution in [0.4, 0.5) is 4.39 Å². The van der Waals surface area contributed by atoms with E-state index in [4.69, 9.17) is 5.11 Å². The number of aliphatic hydroxyl groups excluding tert-OH is 2. The Balaban J connectivity index is 0.00000480. The van der Waals surface area contributed by atoms with E-state index in [-0.39, 0.29) is 53.5 Å². The first-order valence-electron chi connectivity index (χ1n) is 9.51. The molecule has 0 spiro atoms. The van der Waals surface area contributed by atoms with E-state index in [9.17, 15) is 24.2 Å². The van der Waals surface area contributed by atoms with E-state index < -0.39 is 30.4 Å². The van der Waals surface area contributed by atoms with Gasteiger partial charge in [0.1, 0.15) is 5.82 Å². The molecule has 1 aromatic carbocycles. The number of aromatic nitrogens is 2. The second-order valence-electron chi connectivity index (χ2n) is 7.18. The summed E-state index contributed by atoms with van der Waals surface area (Å²) in [6.45, 7) is 3.78. The van der Waals surface area contributed by atoms with Gasteiger partial charge in [-0.3, -0.25) is 9.59 Å². The summed E-state index contributed by atoms with van der Waals surface area (Å²) in [5.41, 5.74) is 1.88. The normalized spacial score (nSPS) is 13.1. The maximum atomic E-state index is 13.4. The molecule has 2 aromatic rings. The Morgan fingerprint density at radius 3 is 2.35 bits per heavy atom. The number of carbonyl (C=O) groups is 2. The minimum atomic E-state index is -1.20. The van der Waals surface area contributed by atoms with Crippen molar-refractivity contribution in [3.8, 4) is 5.69 Å². The van der Waals surface area contributed by atoms with Crippen molar-refractivity contribution in [3.63, 3.8) is 0 Å². The monoisotopic (exact) mass is 443 g/mol. The van der Waals surface area contributed by atoms with E-state index in [0.29, 0.717) is 16.9 Å². The zero-order valence-corrected chi connectivity index (χ0v) is 17.0. The third-order valence-electron chi connectivity index (χ3n) is 4.45. The van der Waals surface area contributed by atoms with Crippen molar-refractivity contribution >= 4 is 47.5 Å². The number of nitrogens with one attached hydrogen (secondary N) is 1. The van der Waals surface area contributed by atoms with Crippen LogP contribution in [-0.2, 0) is 4.79 Å². The van der Waals surface area contributed by atoms with Crippen LogP contribution in [0.15, 0.2) is 30.3 Å². The van der Waals surface area contributed by atoms with E-state index in [1.165, 1.54) is 42.1 Å². The van der Waals surface area contributed by atoms with Gasteiger partial charge >= 0.3 is 35.5 Å². The Morgan fingerprint density at radius 1 is 1.23 bits per heavy atom. The number of nitrogens with zero attached hydrogens (tertiary/aromatic N) is 2. The quantitative estimate of drug-likeness (QED) is 0.435. The van der Waals surface area contributed by atoms with Gasteiger partial charge in [-0.05, 0) is 36.3 Å². The Labute approximate surface area is 202 Å². The third-order valence-corrected chi connectivity index (χ3v) is 4.45. The minimum absolute atomic E-state index is 0. The molecule has 10 heteroatoms. The molecule has 0 saturated carbocycles. The summed E-state index contributed by atoms with van der Waals surface area (Å²) in [5, 5.41) is 35.6. The predicted octanol–water partition coefficient (Wildman–Crippen LogP) is 1.45. The summed E-state index contributed by atoms with van der Waals surface area (Å²) in [4.78, 5) is 23.0. The van der Waals surface area contributed by atoms with Gasteiger partial charge in [0.15, 0.2) is 5.69 Å². The van der Waals surface area contributed by atoms with Gasteiger partial charge in [0.05, 0.1) is 30.0 Å². The Bertz CT molecular complexity index is 928. The molecular weight excluding hydrogens is 416 g/mol. The zero-order chi connectivity index (χ0) is 22.4. The molecule has 0 aliphatic rings. The van der Waals surface area contributed by atoms with Crippen molar-refractivity contribution in [2.75, 3.05) is 7.05 Å². The molecule has 0 fully saturated rings. The van der Waals surface area contributed by atoms with E-state index in [2.05, 4.69) is 10.4 Å². The van der Waals surface area contributed by atoms with E-state index in [1.54, 1.807) is 6.08 Å². The first kappa shape index (κ1) is 27.0. The number of halogens is 1. The van der Waals surface area contributed by atoms with E-state index in [1.807, 2.05) is 13.8 Å². The average molecular weight is 443 g/mol. The number of rotatable bonds is 9. The number of amides is 1. The second kappa shape index (κ2) is 12.1. The Hall–Kier alpha value is -2.04. The number of carboxylic acids is 1. The number of aliphatic hydroxyl groups is 2. The average Bonchev–Trinajstić information content (AvgIpc) is 3.05. The summed E-state index contributed by atoms with van der Waals surface area (Å²) < 4.78 is 14.8. The molecular formula is C21H27FN3NaO5. The fourth-order valence-electron chi connectivity index (χ4n) is 3.08. The summed E-state index contributed by atoms with van der Waals surface area (Å²) in [6, 6.07) is 5.58. The zero-order valence-electron chi connectivity index (χ0n) is 17.0. The molecule has 31 heavy (non-hydrogen) atoms. The van der Waals surface area contributed by atoms with Gasteiger partial charge in [-0.25, -0.2) is 9.07 Å². The van der Waals surface area contributed by atoms with Crippen LogP contribution < -0.4 is 5.32 Å². The number of benzene rings is 1. The van der Waals surface area contributed by atoms with Gasteiger partial charge in [0, 0.05) is 19.0 Å². The molecule has 0 saturated heterocycles. The van der Waals surface area contributed by atoms with E-state index >= 15 is 0 Å². The molecule has 2 atom stereocenters. The molecule has 4 N–H and O–H groups in total. The molecule has 1 heterocycles. The van der Waals surface area contributed by atoms with Gasteiger partial charge in [-0.1, -0.05) is 19.9 Å². The number of hydrogen-bond donors (Lipinski definition) is 4. The molecule has 1 amide bonds. The summed E-state index contributed by atoms with van der Waals surface area (Å²) in [7, 11) is 1.49. The second-order valence-corrected chi connectivity index (χ2v) is 7.18. The molecule has 0 bridgehead atoms. The van der Waals surface area contributed by atoms with Crippen molar-refractivity contribution in [1.29, 1.82) is 0 Å². The fourth-order valence-corrected chi connectivity index (χ4v) is 3.08. The number of hydrogen-bond acceptors (Lipinski definition) is 5. The number of aliphatic carboxylic acids is 1. The number of carbonyl (C=O) groups excluding carboxylic acids is 1. The molecule has 0 unspecified atom stereocenters. The third kappa shape index (κ3) is 7.26. The standard InChI is InChI=1S/C21H26FN3O5.Na.H/c1-12(2)19-17(9-8-15(26)10-16(27)11-18(28)29)25(24-20(19)21(30)23-3)14-6-4-13(22)5-7-14;;/h4-9,12,15-16,26-27H,10-11H2,1-3H3,(H,23,30)(H,28,29);;/b9-8+;;/t15-,16+;;/m0../s1. The molecule has 0 radical (unpaired) electrons. The summed E-state index contributed by atoms with van der Waals surface area (Å²) in [5.74, 6) is -2.06. The maximum absolute atomic E-state index is 13.4. The van der Waals surface area contributed by atoms with Crippen LogP contribution in [0.2, 0.25) is 0 Å². The van der Waals surface area contributed by atoms with Crippen LogP contribution in [-0.4, -0.2) is 85.8 Å². The molecule has 0 aliphatic heterocycles. The van der Waals surface area contributed by atoms with Crippen molar-refractivity contribution in [1.82, 2.24) is 15.1 Å². The van der Waals surface area contributed by atoms with E-state index in [0.717, 1.165) is 0 Å². The van der Waals surface area contributed by atoms with Crippen LogP contribution in [0.5, 0.6) is 0 Å². The number of carboxylic acid groups (broad SMARTS) is 1. The first-order valence-corrected chi connectivity index (χ1v) is 9.51. The Kier molecular flexibility index (Phi) is 10.5. The molecule has 164 valence electrons. The van der Waals surface area contributed by atoms with Crippen molar-refractivity contribution < 1.29 is 29.3 Å². The fraction of sp³-hybridized carbons (Fsp3) is 0.381. The molecule has 8 nitrogen and oxygen atoms in total. The Morgan fingerprint density at radius 2 is 1.84 bits per heavy atom. The first-order chi connectivity index (χ1) is 14.1. The van der Waals surface area contributed by atoms with Crippen molar-refractivity contribution in [2.45, 2.75) is 44.8 Å². The van der Waals surface area contributed by atoms with Crippen LogP contribution in [0.25, 0.3) is 11.8 Å². The topological polar surface area (TPSA) is 125 Å². The van der Waals surface area contributed by atoms with Gasteiger partial charge in [0.2, 0.25) is 0 Å². The van der Waals surface area contributed by atoms with Crippen LogP contribution in [0.1, 0.15) is 54.4 Å². The van der Waals surface area contributed by atoms with Crippen molar-refractivity contribution in [3.05, 3.63) is 53.1 Å². The van der Waals surface area contributed by atoms with Gasteiger partial charge in [0.25, 0.3) is 5.91 Å². The predicted molar refractivity (Wildman–Crippen MR) is 116 cm³/mol. The summed E-state index contributed by atoms with van der Waals surface area (Å²) >= 11 is 0. The van der Waals surface area contributed by atoms with Gasteiger partial charge in [-0.15, -0.1) is 0 Å². The molecule has 2 rings (SSSR count). The van der Waals surface area contributed by atoms with Crippen LogP contribution in [0.3, 0.4) is 0 Å². The molecule has 0 aliphatic carbocycles. The SMILES string of the molecule is CNC(=O)c1nn(-c2ccc(F)cc2)c(/C=C/[C@H](O)C[C@@H](O)CC(=O)O)c1C(C)C.[NaH]. The van der Waals surface area contributed by atoms with Crippen LogP contribution >= 0.6 is 0 Å². The summed E-state index contributed by atoms with van der Waals surface area (Å²) in [6.07, 6.45) is 0.0239.